The van der Waals surface area contributed by atoms with E-state index in [4.69, 9.17) is 11.6 Å². The van der Waals surface area contributed by atoms with Gasteiger partial charge in [-0.05, 0) is 18.9 Å². The summed E-state index contributed by atoms with van der Waals surface area (Å²) in [6, 6.07) is 4.50. The van der Waals surface area contributed by atoms with Crippen molar-refractivity contribution in [2.24, 2.45) is 4.99 Å². The zero-order chi connectivity index (χ0) is 8.27. The first-order chi connectivity index (χ1) is 5.24. The zero-order valence-electron chi connectivity index (χ0n) is 5.85. The van der Waals surface area contributed by atoms with E-state index < -0.39 is 0 Å². The highest BCUT2D eigenvalue weighted by Gasteiger charge is 1.99. The molecule has 0 N–H and O–H groups in total. The van der Waals surface area contributed by atoms with E-state index in [0.29, 0.717) is 17.1 Å². The highest BCUT2D eigenvalue weighted by atomic mass is 35.5. The molecule has 0 amide bonds. The Labute approximate surface area is 69.5 Å². The van der Waals surface area contributed by atoms with Gasteiger partial charge >= 0.3 is 0 Å². The van der Waals surface area contributed by atoms with Crippen molar-refractivity contribution in [2.45, 2.75) is 6.54 Å². The van der Waals surface area contributed by atoms with Crippen LogP contribution in [0.2, 0.25) is 5.02 Å². The molecule has 0 saturated carbocycles. The van der Waals surface area contributed by atoms with Gasteiger partial charge in [0.25, 0.3) is 0 Å². The smallest absolute Gasteiger partial charge is 0.129 e. The topological polar surface area (TPSA) is 12.4 Å². The average Bonchev–Trinajstić information content (AvgIpc) is 1.95. The molecule has 0 radical (unpaired) electrons. The predicted octanol–water partition coefficient (Wildman–Crippen LogP) is 2.68. The lowest BCUT2D eigenvalue weighted by Gasteiger charge is -1.97. The third-order valence-corrected chi connectivity index (χ3v) is 1.53. The van der Waals surface area contributed by atoms with Gasteiger partial charge in [0.2, 0.25) is 0 Å². The Hall–Kier alpha value is -0.890. The average molecular weight is 172 g/mol. The molecule has 11 heavy (non-hydrogen) atoms. The number of aliphatic imine (C=N–C) groups is 1. The van der Waals surface area contributed by atoms with Crippen LogP contribution in [0.3, 0.4) is 0 Å². The molecule has 0 saturated heterocycles. The van der Waals surface area contributed by atoms with E-state index in [-0.39, 0.29) is 5.82 Å². The van der Waals surface area contributed by atoms with Crippen molar-refractivity contribution in [1.82, 2.24) is 0 Å². The van der Waals surface area contributed by atoms with Crippen molar-refractivity contribution in [3.63, 3.8) is 0 Å². The maximum atomic E-state index is 12.9. The molecule has 1 nitrogen and oxygen atoms in total. The third-order valence-electron chi connectivity index (χ3n) is 1.30. The van der Waals surface area contributed by atoms with Gasteiger partial charge in [-0.1, -0.05) is 17.7 Å². The molecule has 0 spiro atoms. The van der Waals surface area contributed by atoms with Gasteiger partial charge in [0.05, 0.1) is 6.54 Å². The highest BCUT2D eigenvalue weighted by molar-refractivity contribution is 6.30. The van der Waals surface area contributed by atoms with E-state index in [1.54, 1.807) is 12.1 Å². The lowest BCUT2D eigenvalue weighted by Crippen LogP contribution is -1.86. The summed E-state index contributed by atoms with van der Waals surface area (Å²) in [6.07, 6.45) is 0. The summed E-state index contributed by atoms with van der Waals surface area (Å²) in [6.45, 7) is 3.56. The molecular formula is C8H7ClFN. The Morgan fingerprint density at radius 2 is 2.27 bits per heavy atom. The fourth-order valence-corrected chi connectivity index (χ4v) is 0.929. The number of hydrogen-bond donors (Lipinski definition) is 0. The maximum Gasteiger partial charge on any atom is 0.129 e. The van der Waals surface area contributed by atoms with E-state index in [2.05, 4.69) is 11.7 Å². The van der Waals surface area contributed by atoms with Crippen molar-refractivity contribution in [3.8, 4) is 0 Å². The van der Waals surface area contributed by atoms with Crippen molar-refractivity contribution >= 4 is 18.3 Å². The standard InChI is InChI=1S/C8H7ClFN/c1-11-5-6-2-3-7(9)4-8(6)10/h2-4H,1,5H2. The van der Waals surface area contributed by atoms with Crippen molar-refractivity contribution in [3.05, 3.63) is 34.6 Å². The number of hydrogen-bond acceptors (Lipinski definition) is 1. The summed E-state index contributed by atoms with van der Waals surface area (Å²) in [5.74, 6) is -0.329. The number of benzene rings is 1. The minimum Gasteiger partial charge on any atom is -0.296 e. The normalized spacial score (nSPS) is 9.64. The van der Waals surface area contributed by atoms with Crippen molar-refractivity contribution in [1.29, 1.82) is 0 Å². The van der Waals surface area contributed by atoms with E-state index in [0.717, 1.165) is 0 Å². The Morgan fingerprint density at radius 1 is 1.55 bits per heavy atom. The Balaban J connectivity index is 2.98. The van der Waals surface area contributed by atoms with E-state index >= 15 is 0 Å². The molecule has 0 aromatic heterocycles. The molecule has 0 aliphatic heterocycles. The second kappa shape index (κ2) is 3.49. The van der Waals surface area contributed by atoms with E-state index in [9.17, 15) is 4.39 Å². The SMILES string of the molecule is C=NCc1ccc(Cl)cc1F. The predicted molar refractivity (Wildman–Crippen MR) is 44.7 cm³/mol. The van der Waals surface area contributed by atoms with Gasteiger partial charge in [-0.25, -0.2) is 4.39 Å². The van der Waals surface area contributed by atoms with Crippen LogP contribution in [0, 0.1) is 5.82 Å². The highest BCUT2D eigenvalue weighted by Crippen LogP contribution is 2.14. The molecule has 1 aromatic rings. The summed E-state index contributed by atoms with van der Waals surface area (Å²) < 4.78 is 12.9. The molecule has 0 heterocycles. The minimum atomic E-state index is -0.329. The number of nitrogens with zero attached hydrogens (tertiary/aromatic N) is 1. The molecule has 1 rings (SSSR count). The third kappa shape index (κ3) is 2.02. The quantitative estimate of drug-likeness (QED) is 0.607. The second-order valence-electron chi connectivity index (χ2n) is 2.12. The lowest BCUT2D eigenvalue weighted by molar-refractivity contribution is 0.611. The summed E-state index contributed by atoms with van der Waals surface area (Å²) in [5, 5.41) is 0.398. The fourth-order valence-electron chi connectivity index (χ4n) is 0.770. The van der Waals surface area contributed by atoms with E-state index in [1.807, 2.05) is 0 Å². The van der Waals surface area contributed by atoms with Crippen LogP contribution in [0.15, 0.2) is 23.2 Å². The fraction of sp³-hybridized carbons (Fsp3) is 0.125. The van der Waals surface area contributed by atoms with Crippen molar-refractivity contribution < 1.29 is 4.39 Å². The molecule has 0 atom stereocenters. The number of halogens is 2. The summed E-state index contributed by atoms with van der Waals surface area (Å²) in [5.41, 5.74) is 0.518. The Kier molecular flexibility index (Phi) is 2.60. The molecule has 0 aliphatic carbocycles. The van der Waals surface area contributed by atoms with Gasteiger partial charge in [0.15, 0.2) is 0 Å². The molecule has 0 bridgehead atoms. The molecule has 1 aromatic carbocycles. The van der Waals surface area contributed by atoms with Crippen LogP contribution in [0.5, 0.6) is 0 Å². The van der Waals surface area contributed by atoms with Gasteiger partial charge in [-0.3, -0.25) is 4.99 Å². The number of rotatable bonds is 2. The second-order valence-corrected chi connectivity index (χ2v) is 2.55. The molecule has 0 unspecified atom stereocenters. The zero-order valence-corrected chi connectivity index (χ0v) is 6.61. The monoisotopic (exact) mass is 171 g/mol. The first-order valence-corrected chi connectivity index (χ1v) is 3.48. The Morgan fingerprint density at radius 3 is 2.82 bits per heavy atom. The summed E-state index contributed by atoms with van der Waals surface area (Å²) in [4.78, 5) is 3.56. The van der Waals surface area contributed by atoms with Crippen LogP contribution in [0.1, 0.15) is 5.56 Å². The Bertz CT molecular complexity index is 273. The molecule has 58 valence electrons. The van der Waals surface area contributed by atoms with Crippen LogP contribution < -0.4 is 0 Å². The molecule has 0 aliphatic rings. The van der Waals surface area contributed by atoms with E-state index in [1.165, 1.54) is 6.07 Å². The van der Waals surface area contributed by atoms with Gasteiger partial charge in [-0.2, -0.15) is 0 Å². The van der Waals surface area contributed by atoms with Crippen LogP contribution in [0.4, 0.5) is 4.39 Å². The summed E-state index contributed by atoms with van der Waals surface area (Å²) in [7, 11) is 0. The summed E-state index contributed by atoms with van der Waals surface area (Å²) >= 11 is 5.53. The molecule has 3 heteroatoms. The minimum absolute atomic E-state index is 0.295. The largest absolute Gasteiger partial charge is 0.296 e. The van der Waals surface area contributed by atoms with Gasteiger partial charge in [-0.15, -0.1) is 0 Å². The lowest BCUT2D eigenvalue weighted by atomic mass is 10.2. The van der Waals surface area contributed by atoms with Crippen molar-refractivity contribution in [2.75, 3.05) is 0 Å². The van der Waals surface area contributed by atoms with Crippen LogP contribution in [-0.2, 0) is 6.54 Å². The van der Waals surface area contributed by atoms with Crippen LogP contribution >= 0.6 is 11.6 Å². The van der Waals surface area contributed by atoms with Gasteiger partial charge in [0.1, 0.15) is 5.82 Å². The maximum absolute atomic E-state index is 12.9. The first-order valence-electron chi connectivity index (χ1n) is 3.10. The first kappa shape index (κ1) is 8.21. The van der Waals surface area contributed by atoms with Gasteiger partial charge in [0, 0.05) is 10.6 Å². The van der Waals surface area contributed by atoms with Crippen LogP contribution in [0.25, 0.3) is 0 Å². The van der Waals surface area contributed by atoms with Gasteiger partial charge < -0.3 is 0 Å². The van der Waals surface area contributed by atoms with Crippen LogP contribution in [-0.4, -0.2) is 6.72 Å². The molecule has 0 fully saturated rings. The molecular weight excluding hydrogens is 165 g/mol.